The molecule has 114 valence electrons. The molecule has 1 aromatic carbocycles. The SMILES string of the molecule is CC(C)N(CCO)c1ccc(CNC(C)(C)C)cc1Cl. The maximum absolute atomic E-state index is 9.17. The third-order valence-corrected chi connectivity index (χ3v) is 3.41. The maximum Gasteiger partial charge on any atom is 0.0642 e. The van der Waals surface area contributed by atoms with Crippen LogP contribution in [0.15, 0.2) is 18.2 Å². The van der Waals surface area contributed by atoms with Crippen molar-refractivity contribution in [3.63, 3.8) is 0 Å². The van der Waals surface area contributed by atoms with Gasteiger partial charge in [-0.1, -0.05) is 17.7 Å². The Morgan fingerprint density at radius 3 is 2.40 bits per heavy atom. The molecule has 1 rings (SSSR count). The van der Waals surface area contributed by atoms with Gasteiger partial charge in [-0.05, 0) is 52.3 Å². The zero-order valence-corrected chi connectivity index (χ0v) is 14.0. The molecule has 0 fully saturated rings. The fourth-order valence-corrected chi connectivity index (χ4v) is 2.34. The quantitative estimate of drug-likeness (QED) is 0.844. The standard InChI is InChI=1S/C16H27ClN2O/c1-12(2)19(8-9-20)15-7-6-13(10-14(15)17)11-18-16(3,4)5/h6-7,10,12,18,20H,8-9,11H2,1-5H3. The molecule has 0 spiro atoms. The number of aliphatic hydroxyl groups is 1. The summed E-state index contributed by atoms with van der Waals surface area (Å²) in [6, 6.07) is 6.44. The normalized spacial score (nSPS) is 12.0. The second kappa shape index (κ2) is 7.30. The van der Waals surface area contributed by atoms with E-state index in [0.717, 1.165) is 17.3 Å². The minimum absolute atomic E-state index is 0.0893. The van der Waals surface area contributed by atoms with Gasteiger partial charge in [0.05, 0.1) is 17.3 Å². The van der Waals surface area contributed by atoms with Crippen LogP contribution in [0, 0.1) is 0 Å². The summed E-state index contributed by atoms with van der Waals surface area (Å²) in [5.41, 5.74) is 2.24. The van der Waals surface area contributed by atoms with Crippen LogP contribution in [0.3, 0.4) is 0 Å². The van der Waals surface area contributed by atoms with Gasteiger partial charge in [-0.2, -0.15) is 0 Å². The van der Waals surface area contributed by atoms with Gasteiger partial charge in [0.15, 0.2) is 0 Å². The summed E-state index contributed by atoms with van der Waals surface area (Å²) in [6.07, 6.45) is 0. The molecule has 0 aliphatic rings. The molecule has 0 aliphatic carbocycles. The topological polar surface area (TPSA) is 35.5 Å². The third-order valence-electron chi connectivity index (χ3n) is 3.11. The van der Waals surface area contributed by atoms with Crippen molar-refractivity contribution in [2.24, 2.45) is 0 Å². The Hall–Kier alpha value is -0.770. The van der Waals surface area contributed by atoms with Crippen molar-refractivity contribution in [2.75, 3.05) is 18.1 Å². The summed E-state index contributed by atoms with van der Waals surface area (Å²) in [5, 5.41) is 13.4. The summed E-state index contributed by atoms with van der Waals surface area (Å²) in [5.74, 6) is 0. The molecule has 4 heteroatoms. The van der Waals surface area contributed by atoms with Gasteiger partial charge in [-0.25, -0.2) is 0 Å². The van der Waals surface area contributed by atoms with Gasteiger partial charge in [-0.15, -0.1) is 0 Å². The van der Waals surface area contributed by atoms with Crippen LogP contribution in [0.25, 0.3) is 0 Å². The van der Waals surface area contributed by atoms with E-state index in [0.29, 0.717) is 12.6 Å². The van der Waals surface area contributed by atoms with E-state index in [-0.39, 0.29) is 12.1 Å². The Bertz CT molecular complexity index is 427. The van der Waals surface area contributed by atoms with E-state index in [2.05, 4.69) is 50.9 Å². The number of hydrogen-bond acceptors (Lipinski definition) is 3. The van der Waals surface area contributed by atoms with Crippen LogP contribution in [-0.2, 0) is 6.54 Å². The number of hydrogen-bond donors (Lipinski definition) is 2. The van der Waals surface area contributed by atoms with Crippen molar-refractivity contribution in [1.82, 2.24) is 5.32 Å². The summed E-state index contributed by atoms with van der Waals surface area (Å²) in [4.78, 5) is 2.11. The van der Waals surface area contributed by atoms with Gasteiger partial charge < -0.3 is 15.3 Å². The summed E-state index contributed by atoms with van der Waals surface area (Å²) in [6.45, 7) is 12.1. The monoisotopic (exact) mass is 298 g/mol. The molecule has 0 heterocycles. The molecule has 0 aliphatic heterocycles. The van der Waals surface area contributed by atoms with Crippen LogP contribution in [-0.4, -0.2) is 29.8 Å². The number of nitrogens with zero attached hydrogens (tertiary/aromatic N) is 1. The molecule has 0 radical (unpaired) electrons. The van der Waals surface area contributed by atoms with E-state index in [4.69, 9.17) is 11.6 Å². The van der Waals surface area contributed by atoms with Crippen LogP contribution in [0.2, 0.25) is 5.02 Å². The van der Waals surface area contributed by atoms with E-state index in [1.54, 1.807) is 0 Å². The lowest BCUT2D eigenvalue weighted by Gasteiger charge is -2.29. The smallest absolute Gasteiger partial charge is 0.0642 e. The Morgan fingerprint density at radius 1 is 1.30 bits per heavy atom. The first-order valence-electron chi connectivity index (χ1n) is 7.15. The van der Waals surface area contributed by atoms with Gasteiger partial charge in [0.1, 0.15) is 0 Å². The first kappa shape index (κ1) is 17.3. The molecule has 0 aromatic heterocycles. The molecule has 0 saturated carbocycles. The third kappa shape index (κ3) is 5.31. The minimum atomic E-state index is 0.0893. The fourth-order valence-electron chi connectivity index (χ4n) is 2.03. The van der Waals surface area contributed by atoms with E-state index in [9.17, 15) is 5.11 Å². The predicted octanol–water partition coefficient (Wildman–Crippen LogP) is 3.44. The molecule has 0 bridgehead atoms. The first-order chi connectivity index (χ1) is 9.24. The molecule has 0 amide bonds. The lowest BCUT2D eigenvalue weighted by molar-refractivity contribution is 0.299. The highest BCUT2D eigenvalue weighted by atomic mass is 35.5. The number of rotatable bonds is 6. The average Bonchev–Trinajstić information content (AvgIpc) is 2.33. The first-order valence-corrected chi connectivity index (χ1v) is 7.53. The summed E-state index contributed by atoms with van der Waals surface area (Å²) >= 11 is 6.40. The lowest BCUT2D eigenvalue weighted by Crippen LogP contribution is -2.35. The summed E-state index contributed by atoms with van der Waals surface area (Å²) < 4.78 is 0. The van der Waals surface area contributed by atoms with Crippen molar-refractivity contribution in [3.8, 4) is 0 Å². The van der Waals surface area contributed by atoms with Crippen molar-refractivity contribution in [1.29, 1.82) is 0 Å². The second-order valence-electron chi connectivity index (χ2n) is 6.40. The number of benzene rings is 1. The van der Waals surface area contributed by atoms with Crippen molar-refractivity contribution in [2.45, 2.75) is 52.7 Å². The van der Waals surface area contributed by atoms with Crippen LogP contribution in [0.1, 0.15) is 40.2 Å². The molecule has 20 heavy (non-hydrogen) atoms. The molecule has 2 N–H and O–H groups in total. The van der Waals surface area contributed by atoms with Crippen molar-refractivity contribution >= 4 is 17.3 Å². The van der Waals surface area contributed by atoms with Gasteiger partial charge >= 0.3 is 0 Å². The maximum atomic E-state index is 9.17. The van der Waals surface area contributed by atoms with Crippen LogP contribution >= 0.6 is 11.6 Å². The highest BCUT2D eigenvalue weighted by molar-refractivity contribution is 6.33. The molecule has 0 atom stereocenters. The van der Waals surface area contributed by atoms with Gasteiger partial charge in [0.2, 0.25) is 0 Å². The average molecular weight is 299 g/mol. The van der Waals surface area contributed by atoms with E-state index in [1.807, 2.05) is 12.1 Å². The Morgan fingerprint density at radius 2 is 1.95 bits per heavy atom. The highest BCUT2D eigenvalue weighted by Crippen LogP contribution is 2.28. The van der Waals surface area contributed by atoms with Crippen molar-refractivity contribution < 1.29 is 5.11 Å². The Balaban J connectivity index is 2.86. The van der Waals surface area contributed by atoms with Crippen LogP contribution < -0.4 is 10.2 Å². The molecular formula is C16H27ClN2O. The molecular weight excluding hydrogens is 272 g/mol. The number of aliphatic hydroxyl groups excluding tert-OH is 1. The van der Waals surface area contributed by atoms with Crippen LogP contribution in [0.5, 0.6) is 0 Å². The molecule has 1 aromatic rings. The van der Waals surface area contributed by atoms with Gasteiger partial charge in [0, 0.05) is 24.7 Å². The summed E-state index contributed by atoms with van der Waals surface area (Å²) in [7, 11) is 0. The van der Waals surface area contributed by atoms with E-state index >= 15 is 0 Å². The molecule has 0 saturated heterocycles. The Labute approximate surface area is 127 Å². The largest absolute Gasteiger partial charge is 0.395 e. The minimum Gasteiger partial charge on any atom is -0.395 e. The van der Waals surface area contributed by atoms with E-state index < -0.39 is 0 Å². The highest BCUT2D eigenvalue weighted by Gasteiger charge is 2.14. The molecule has 3 nitrogen and oxygen atoms in total. The zero-order valence-electron chi connectivity index (χ0n) is 13.2. The van der Waals surface area contributed by atoms with Gasteiger partial charge in [-0.3, -0.25) is 0 Å². The molecule has 0 unspecified atom stereocenters. The van der Waals surface area contributed by atoms with Gasteiger partial charge in [0.25, 0.3) is 0 Å². The Kier molecular flexibility index (Phi) is 6.31. The zero-order chi connectivity index (χ0) is 15.3. The lowest BCUT2D eigenvalue weighted by atomic mass is 10.1. The number of nitrogens with one attached hydrogen (secondary N) is 1. The predicted molar refractivity (Wildman–Crippen MR) is 87.6 cm³/mol. The van der Waals surface area contributed by atoms with E-state index in [1.165, 1.54) is 5.56 Å². The number of anilines is 1. The number of halogens is 1. The van der Waals surface area contributed by atoms with Crippen LogP contribution in [0.4, 0.5) is 5.69 Å². The fraction of sp³-hybridized carbons (Fsp3) is 0.625. The second-order valence-corrected chi connectivity index (χ2v) is 6.81. The van der Waals surface area contributed by atoms with Crippen molar-refractivity contribution in [3.05, 3.63) is 28.8 Å².